The maximum absolute atomic E-state index is 2.66. The lowest BCUT2D eigenvalue weighted by atomic mass is 9.33. The first kappa shape index (κ1) is 47.3. The summed E-state index contributed by atoms with van der Waals surface area (Å²) in [5.41, 5.74) is 26.2. The number of anilines is 6. The first-order valence-electron chi connectivity index (χ1n) is 27.5. The van der Waals surface area contributed by atoms with Crippen molar-refractivity contribution in [2.24, 2.45) is 0 Å². The van der Waals surface area contributed by atoms with Crippen molar-refractivity contribution in [2.75, 3.05) is 9.80 Å². The van der Waals surface area contributed by atoms with E-state index >= 15 is 0 Å². The Kier molecular flexibility index (Phi) is 11.1. The Morgan fingerprint density at radius 1 is 0.321 bits per heavy atom. The molecule has 0 aliphatic carbocycles. The normalized spacial score (nSPS) is 12.9. The molecule has 2 aliphatic rings. The molecule has 0 radical (unpaired) electrons. The van der Waals surface area contributed by atoms with Crippen LogP contribution in [0.3, 0.4) is 0 Å². The fourth-order valence-electron chi connectivity index (χ4n) is 12.9. The summed E-state index contributed by atoms with van der Waals surface area (Å²) in [5, 5.41) is 2.46. The van der Waals surface area contributed by atoms with Crippen LogP contribution in [-0.2, 0) is 10.8 Å². The molecule has 0 bridgehead atoms. The predicted molar refractivity (Wildman–Crippen MR) is 334 cm³/mol. The SMILES string of the molecule is CC(C)(C)c1ccc2c(c1)B1c3cc(-c4ccccc4C(C)(C)C)ccc3N(c3ccccc3-c3ccccc3)c3cc(-n4c5ccccc5c5ccccc54)cc(c31)N2c1c(-c2ccccc2)cccc1-c1ccccc1. The van der Waals surface area contributed by atoms with Gasteiger partial charge in [-0.1, -0.05) is 254 Å². The van der Waals surface area contributed by atoms with E-state index in [4.69, 9.17) is 0 Å². The molecule has 4 heteroatoms. The molecule has 1 aromatic heterocycles. The number of benzene rings is 11. The van der Waals surface area contributed by atoms with Gasteiger partial charge in [0.1, 0.15) is 0 Å². The molecule has 0 unspecified atom stereocenters. The lowest BCUT2D eigenvalue weighted by Crippen LogP contribution is -2.61. The Bertz CT molecular complexity index is 4180. The van der Waals surface area contributed by atoms with E-state index in [2.05, 4.69) is 311 Å². The Labute approximate surface area is 459 Å². The van der Waals surface area contributed by atoms with Crippen molar-refractivity contribution in [3.8, 4) is 50.2 Å². The zero-order valence-electron chi connectivity index (χ0n) is 45.2. The lowest BCUT2D eigenvalue weighted by Gasteiger charge is -2.46. The topological polar surface area (TPSA) is 11.4 Å². The van der Waals surface area contributed by atoms with Crippen LogP contribution in [0.2, 0.25) is 0 Å². The molecule has 0 saturated heterocycles. The summed E-state index contributed by atoms with van der Waals surface area (Å²) >= 11 is 0. The van der Waals surface area contributed by atoms with E-state index < -0.39 is 0 Å². The molecule has 12 aromatic rings. The van der Waals surface area contributed by atoms with E-state index in [1.54, 1.807) is 0 Å². The lowest BCUT2D eigenvalue weighted by molar-refractivity contribution is 0.591. The summed E-state index contributed by atoms with van der Waals surface area (Å²) in [7, 11) is 0. The highest BCUT2D eigenvalue weighted by Gasteiger charge is 2.46. The molecular formula is C74H60BN3. The molecule has 0 atom stereocenters. The minimum Gasteiger partial charge on any atom is -0.311 e. The molecule has 14 rings (SSSR count). The van der Waals surface area contributed by atoms with Crippen LogP contribution in [-0.4, -0.2) is 11.3 Å². The second kappa shape index (κ2) is 18.3. The molecule has 374 valence electrons. The highest BCUT2D eigenvalue weighted by Crippen LogP contribution is 2.52. The Morgan fingerprint density at radius 3 is 1.40 bits per heavy atom. The van der Waals surface area contributed by atoms with Crippen molar-refractivity contribution < 1.29 is 0 Å². The van der Waals surface area contributed by atoms with Crippen molar-refractivity contribution in [2.45, 2.75) is 52.4 Å². The van der Waals surface area contributed by atoms with Crippen LogP contribution in [0.5, 0.6) is 0 Å². The van der Waals surface area contributed by atoms with Gasteiger partial charge in [0.2, 0.25) is 0 Å². The van der Waals surface area contributed by atoms with Crippen LogP contribution < -0.4 is 26.2 Å². The van der Waals surface area contributed by atoms with Gasteiger partial charge in [-0.05, 0) is 109 Å². The van der Waals surface area contributed by atoms with E-state index in [1.807, 2.05) is 0 Å². The smallest absolute Gasteiger partial charge is 0.252 e. The average Bonchev–Trinajstić information content (AvgIpc) is 3.85. The number of nitrogens with zero attached hydrogens (tertiary/aromatic N) is 3. The van der Waals surface area contributed by atoms with Crippen LogP contribution in [0.25, 0.3) is 72.0 Å². The van der Waals surface area contributed by atoms with Crippen molar-refractivity contribution in [3.05, 3.63) is 266 Å². The Morgan fingerprint density at radius 2 is 0.795 bits per heavy atom. The molecule has 11 aromatic carbocycles. The molecule has 3 nitrogen and oxygen atoms in total. The quantitative estimate of drug-likeness (QED) is 0.147. The van der Waals surface area contributed by atoms with E-state index in [9.17, 15) is 0 Å². The average molecular weight is 1000 g/mol. The number of rotatable bonds is 7. The van der Waals surface area contributed by atoms with Gasteiger partial charge in [0.25, 0.3) is 6.71 Å². The zero-order chi connectivity index (χ0) is 52.9. The standard InChI is InChI=1S/C74H60BN3/c1-73(2,3)53-42-44-68-63(46-53)75-62-45-52(55-31-16-20-37-61(55)74(4,5)6)41-43-67(62)77(64-38-21-17-32-56(64)49-25-10-7-11-26-49)69-47-54(76-65-39-22-18-33-59(65)60-34-19-23-40-66(60)76)48-70(71(69)75)78(68)72-57(50-27-12-8-13-28-50)35-24-36-58(72)51-29-14-9-15-30-51/h7-48H,1-6H3. The van der Waals surface area contributed by atoms with Crippen LogP contribution >= 0.6 is 0 Å². The monoisotopic (exact) mass is 1000 g/mol. The third-order valence-electron chi connectivity index (χ3n) is 16.5. The number of hydrogen-bond acceptors (Lipinski definition) is 2. The second-order valence-electron chi connectivity index (χ2n) is 23.3. The maximum Gasteiger partial charge on any atom is 0.252 e. The fourth-order valence-corrected chi connectivity index (χ4v) is 12.9. The van der Waals surface area contributed by atoms with Crippen LogP contribution in [0.1, 0.15) is 52.7 Å². The van der Waals surface area contributed by atoms with Gasteiger partial charge in [-0.2, -0.15) is 0 Å². The van der Waals surface area contributed by atoms with Crippen LogP contribution in [0.15, 0.2) is 255 Å². The Hall–Kier alpha value is -9.12. The van der Waals surface area contributed by atoms with Gasteiger partial charge in [-0.3, -0.25) is 0 Å². The van der Waals surface area contributed by atoms with Crippen LogP contribution in [0.4, 0.5) is 34.1 Å². The number of hydrogen-bond donors (Lipinski definition) is 0. The summed E-state index contributed by atoms with van der Waals surface area (Å²) in [6, 6.07) is 95.5. The van der Waals surface area contributed by atoms with E-state index in [0.717, 1.165) is 28.4 Å². The largest absolute Gasteiger partial charge is 0.311 e. The van der Waals surface area contributed by atoms with Crippen molar-refractivity contribution in [1.82, 2.24) is 4.57 Å². The maximum atomic E-state index is 2.66. The van der Waals surface area contributed by atoms with Gasteiger partial charge in [-0.15, -0.1) is 0 Å². The molecule has 0 saturated carbocycles. The molecule has 0 spiro atoms. The highest BCUT2D eigenvalue weighted by atomic mass is 15.2. The van der Waals surface area contributed by atoms with E-state index in [-0.39, 0.29) is 17.5 Å². The first-order chi connectivity index (χ1) is 38.0. The number of aromatic nitrogens is 1. The van der Waals surface area contributed by atoms with Crippen molar-refractivity contribution in [3.63, 3.8) is 0 Å². The van der Waals surface area contributed by atoms with E-state index in [0.29, 0.717) is 0 Å². The van der Waals surface area contributed by atoms with Gasteiger partial charge in [0, 0.05) is 50.2 Å². The van der Waals surface area contributed by atoms with E-state index in [1.165, 1.54) is 105 Å². The minimum absolute atomic E-state index is 0.0711. The fraction of sp³-hybridized carbons (Fsp3) is 0.108. The summed E-state index contributed by atoms with van der Waals surface area (Å²) in [6.45, 7) is 13.9. The van der Waals surface area contributed by atoms with Crippen molar-refractivity contribution >= 4 is 79.0 Å². The molecule has 78 heavy (non-hydrogen) atoms. The van der Waals surface area contributed by atoms with Crippen LogP contribution in [0, 0.1) is 0 Å². The summed E-state index contributed by atoms with van der Waals surface area (Å²) in [6.07, 6.45) is 0. The van der Waals surface area contributed by atoms with Gasteiger partial charge in [-0.25, -0.2) is 0 Å². The van der Waals surface area contributed by atoms with Gasteiger partial charge < -0.3 is 14.4 Å². The predicted octanol–water partition coefficient (Wildman–Crippen LogP) is 18.1. The summed E-state index contributed by atoms with van der Waals surface area (Å²) in [5.74, 6) is 0. The first-order valence-corrected chi connectivity index (χ1v) is 27.5. The summed E-state index contributed by atoms with van der Waals surface area (Å²) < 4.78 is 2.51. The number of fused-ring (bicyclic) bond motifs is 7. The molecule has 0 amide bonds. The molecule has 0 N–H and O–H groups in total. The Balaban J connectivity index is 1.18. The van der Waals surface area contributed by atoms with Gasteiger partial charge >= 0.3 is 0 Å². The minimum atomic E-state index is -0.142. The number of para-hydroxylation sites is 4. The van der Waals surface area contributed by atoms with Gasteiger partial charge in [0.05, 0.1) is 28.1 Å². The molecular weight excluding hydrogens is 942 g/mol. The summed E-state index contributed by atoms with van der Waals surface area (Å²) in [4.78, 5) is 5.27. The van der Waals surface area contributed by atoms with Gasteiger partial charge in [0.15, 0.2) is 0 Å². The third-order valence-corrected chi connectivity index (χ3v) is 16.5. The third kappa shape index (κ3) is 7.64. The second-order valence-corrected chi connectivity index (χ2v) is 23.3. The highest BCUT2D eigenvalue weighted by molar-refractivity contribution is 7.00. The van der Waals surface area contributed by atoms with Crippen molar-refractivity contribution in [1.29, 1.82) is 0 Å². The molecule has 2 aliphatic heterocycles. The molecule has 0 fully saturated rings. The zero-order valence-corrected chi connectivity index (χ0v) is 45.2. The molecule has 3 heterocycles.